The molecule has 0 fully saturated rings. The van der Waals surface area contributed by atoms with Crippen molar-refractivity contribution in [1.82, 2.24) is 0 Å². The van der Waals surface area contributed by atoms with Gasteiger partial charge in [-0.15, -0.1) is 62.5 Å². The summed E-state index contributed by atoms with van der Waals surface area (Å²) >= 11 is 0. The topological polar surface area (TPSA) is 0 Å². The molecule has 9 atom stereocenters. The molecule has 0 aromatic carbocycles. The van der Waals surface area contributed by atoms with Gasteiger partial charge >= 0.3 is 0 Å². The second kappa shape index (κ2) is 10.7. The van der Waals surface area contributed by atoms with Crippen LogP contribution < -0.4 is 0 Å². The first-order valence-corrected chi connectivity index (χ1v) is 27.3. The molecule has 0 aromatic heterocycles. The summed E-state index contributed by atoms with van der Waals surface area (Å²) in [6.45, 7) is 0.490. The lowest BCUT2D eigenvalue weighted by Crippen LogP contribution is -1.48. The van der Waals surface area contributed by atoms with E-state index < -0.39 is 0 Å². The Morgan fingerprint density at radius 3 is 0.929 bits per heavy atom. The van der Waals surface area contributed by atoms with Crippen LogP contribution in [-0.2, 0) is 0 Å². The molecule has 0 radical (unpaired) electrons. The van der Waals surface area contributed by atoms with E-state index in [1.807, 2.05) is 0 Å². The summed E-state index contributed by atoms with van der Waals surface area (Å²) < 4.78 is 0. The summed E-state index contributed by atoms with van der Waals surface area (Å²) in [5.74, 6) is 0. The predicted octanol–water partition coefficient (Wildman–Crippen LogP) is 8.04. The molecule has 0 nitrogen and oxygen atoms in total. The van der Waals surface area contributed by atoms with Crippen LogP contribution in [0.25, 0.3) is 0 Å². The molecular formula is H15P14-. The molecule has 0 aliphatic carbocycles. The first-order chi connectivity index (χ1) is 6.29. The third-order valence-corrected chi connectivity index (χ3v) is 78.8. The maximum absolute atomic E-state index is 3.88. The molecule has 14 heavy (non-hydrogen) atoms. The van der Waals surface area contributed by atoms with Crippen molar-refractivity contribution in [1.29, 1.82) is 0 Å². The molecule has 86 valence electrons. The van der Waals surface area contributed by atoms with Crippen LogP contribution in [0.3, 0.4) is 0 Å². The quantitative estimate of drug-likeness (QED) is 0.373. The molecule has 0 heterocycles. The minimum absolute atomic E-state index is 0.0256. The molecule has 0 saturated carbocycles. The van der Waals surface area contributed by atoms with Crippen molar-refractivity contribution < 1.29 is 0 Å². The predicted molar refractivity (Wildman–Crippen MR) is 118 cm³/mol. The van der Waals surface area contributed by atoms with E-state index in [1.54, 1.807) is 0 Å². The van der Waals surface area contributed by atoms with Crippen LogP contribution in [0.5, 0.6) is 0 Å². The monoisotopic (exact) mass is 449 g/mol. The lowest BCUT2D eigenvalue weighted by Gasteiger charge is -2.42. The number of hydrogen-bond donors (Lipinski definition) is 0. The first kappa shape index (κ1) is 20.0. The van der Waals surface area contributed by atoms with Crippen molar-refractivity contribution >= 4 is 113 Å². The normalized spacial score (nSPS) is 17.1. The molecule has 0 aliphatic rings. The van der Waals surface area contributed by atoms with Crippen molar-refractivity contribution in [2.24, 2.45) is 0 Å². The van der Waals surface area contributed by atoms with Crippen molar-refractivity contribution in [3.8, 4) is 0 Å². The Kier molecular flexibility index (Phi) is 15.3. The summed E-state index contributed by atoms with van der Waals surface area (Å²) in [5.41, 5.74) is 0. The SMILES string of the molecule is [PH-]P(P)P(P(P)P)P(P(P)P)P(P)P. The fraction of sp³-hybridized carbons (Fsp3) is 0. The van der Waals surface area contributed by atoms with Gasteiger partial charge in [-0.2, -0.15) is 0 Å². The van der Waals surface area contributed by atoms with Crippen LogP contribution in [0.2, 0.25) is 0 Å². The summed E-state index contributed by atoms with van der Waals surface area (Å²) in [6.07, 6.45) is 0. The zero-order valence-corrected chi connectivity index (χ0v) is 21.7. The van der Waals surface area contributed by atoms with Crippen molar-refractivity contribution in [2.75, 3.05) is 0 Å². The molecule has 14 heteroatoms. The van der Waals surface area contributed by atoms with E-state index in [1.165, 1.54) is 0 Å². The Labute approximate surface area is 113 Å². The molecule has 0 spiro atoms. The largest absolute Gasteiger partial charge is 0.516 e. The minimum atomic E-state index is -0.0256. The average molecular weight is 449 g/mol. The van der Waals surface area contributed by atoms with E-state index in [-0.39, 0.29) is 41.9 Å². The highest BCUT2D eigenvalue weighted by molar-refractivity contribution is 9.27. The maximum atomic E-state index is 3.88. The Morgan fingerprint density at radius 1 is 0.571 bits per heavy atom. The van der Waals surface area contributed by atoms with Gasteiger partial charge in [-0.1, -0.05) is 0 Å². The Balaban J connectivity index is 4.74. The van der Waals surface area contributed by atoms with Crippen LogP contribution in [0, 0.1) is 0 Å². The molecular weight excluding hydrogens is 434 g/mol. The highest BCUT2D eigenvalue weighted by Crippen LogP contribution is 3.21. The summed E-state index contributed by atoms with van der Waals surface area (Å²) in [5, 5.41) is 0. The standard InChI is InChI=1S/H15P14/c1-9(2)13(10(3)4)14(11(5)6)12(7)8/h1H,2-8H2/q-1. The molecule has 0 bridgehead atoms. The van der Waals surface area contributed by atoms with Gasteiger partial charge in [0.1, 0.15) is 0 Å². The maximum Gasteiger partial charge on any atom is -0.00787 e. The van der Waals surface area contributed by atoms with Crippen molar-refractivity contribution in [3.05, 3.63) is 0 Å². The van der Waals surface area contributed by atoms with E-state index >= 15 is 0 Å². The smallest absolute Gasteiger partial charge is 0.00787 e. The zero-order valence-electron chi connectivity index (χ0n) is 7.22. The molecule has 0 aromatic rings. The van der Waals surface area contributed by atoms with E-state index in [0.29, 0.717) is 0 Å². The van der Waals surface area contributed by atoms with Crippen LogP contribution in [0.1, 0.15) is 0 Å². The third-order valence-electron chi connectivity index (χ3n) is 0.972. The second-order valence-electron chi connectivity index (χ2n) is 2.02. The minimum Gasteiger partial charge on any atom is -0.516 e. The Hall–Kier alpha value is 6.02. The first-order valence-electron chi connectivity index (χ1n) is 3.03. The zero-order chi connectivity index (χ0) is 11.5. The van der Waals surface area contributed by atoms with Crippen LogP contribution in [0.15, 0.2) is 0 Å². The molecule has 0 amide bonds. The fourth-order valence-corrected chi connectivity index (χ4v) is 144. The van der Waals surface area contributed by atoms with E-state index in [9.17, 15) is 0 Å². The Bertz CT molecular complexity index is 108. The van der Waals surface area contributed by atoms with Gasteiger partial charge < -0.3 is 8.93 Å². The van der Waals surface area contributed by atoms with Gasteiger partial charge in [-0.05, 0) is 34.9 Å². The lowest BCUT2D eigenvalue weighted by molar-refractivity contribution is 4.58. The van der Waals surface area contributed by atoms with Crippen LogP contribution in [0.4, 0.5) is 0 Å². The average Bonchev–Trinajstić information content (AvgIpc) is 1.96. The third kappa shape index (κ3) is 7.71. The number of hydrogen-bond acceptors (Lipinski definition) is 0. The van der Waals surface area contributed by atoms with E-state index in [4.69, 9.17) is 0 Å². The molecule has 0 rings (SSSR count). The van der Waals surface area contributed by atoms with Gasteiger partial charge in [0.25, 0.3) is 0 Å². The van der Waals surface area contributed by atoms with Gasteiger partial charge in [0, 0.05) is 0 Å². The highest BCUT2D eigenvalue weighted by atomic mass is 33.3. The molecule has 0 saturated heterocycles. The van der Waals surface area contributed by atoms with Crippen LogP contribution in [-0.4, -0.2) is 0 Å². The molecule has 9 unspecified atom stereocenters. The highest BCUT2D eigenvalue weighted by Gasteiger charge is 2.29. The number of rotatable bonds is 5. The van der Waals surface area contributed by atoms with Gasteiger partial charge in [-0.25, -0.2) is 6.99 Å². The Morgan fingerprint density at radius 2 is 0.857 bits per heavy atom. The molecule has 0 aliphatic heterocycles. The van der Waals surface area contributed by atoms with Crippen molar-refractivity contribution in [2.45, 2.75) is 0 Å². The van der Waals surface area contributed by atoms with Gasteiger partial charge in [0.05, 0.1) is 0 Å². The van der Waals surface area contributed by atoms with Gasteiger partial charge in [0.2, 0.25) is 0 Å². The fourth-order valence-electron chi connectivity index (χ4n) is 0.594. The van der Waals surface area contributed by atoms with E-state index in [2.05, 4.69) is 71.4 Å². The van der Waals surface area contributed by atoms with Gasteiger partial charge in [0.15, 0.2) is 0 Å². The lowest BCUT2D eigenvalue weighted by atomic mass is 28.6. The second-order valence-corrected chi connectivity index (χ2v) is 54.6. The molecule has 0 N–H and O–H groups in total. The van der Waals surface area contributed by atoms with Crippen molar-refractivity contribution in [3.63, 3.8) is 0 Å². The summed E-state index contributed by atoms with van der Waals surface area (Å²) in [6, 6.07) is 0. The van der Waals surface area contributed by atoms with E-state index in [0.717, 1.165) is 0 Å². The summed E-state index contributed by atoms with van der Waals surface area (Å²) in [4.78, 5) is 0. The van der Waals surface area contributed by atoms with Gasteiger partial charge in [-0.3, -0.25) is 0 Å². The summed E-state index contributed by atoms with van der Waals surface area (Å²) in [7, 11) is 25.1. The van der Waals surface area contributed by atoms with Crippen LogP contribution >= 0.6 is 113 Å².